The highest BCUT2D eigenvalue weighted by molar-refractivity contribution is 5.96. The fourth-order valence-electron chi connectivity index (χ4n) is 2.73. The van der Waals surface area contributed by atoms with Crippen LogP contribution in [0.5, 0.6) is 0 Å². The zero-order chi connectivity index (χ0) is 17.9. The van der Waals surface area contributed by atoms with Gasteiger partial charge in [-0.05, 0) is 38.0 Å². The highest BCUT2D eigenvalue weighted by Crippen LogP contribution is 2.17. The van der Waals surface area contributed by atoms with Gasteiger partial charge in [-0.1, -0.05) is 19.1 Å². The van der Waals surface area contributed by atoms with Crippen molar-refractivity contribution < 1.29 is 14.7 Å². The average molecular weight is 329 g/mol. The molecule has 6 heteroatoms. The first-order valence-electron chi connectivity index (χ1n) is 7.96. The van der Waals surface area contributed by atoms with Crippen molar-refractivity contribution in [3.05, 3.63) is 52.3 Å². The SMILES string of the molecule is CCCn1nc(C)c(C(=O)N(C)Cc2ccc(C(=O)O)cc2)c1C. The van der Waals surface area contributed by atoms with E-state index in [0.717, 1.165) is 29.9 Å². The second kappa shape index (κ2) is 7.29. The fourth-order valence-corrected chi connectivity index (χ4v) is 2.73. The average Bonchev–Trinajstić information content (AvgIpc) is 2.81. The standard InChI is InChI=1S/C18H23N3O3/c1-5-10-21-13(3)16(12(2)19-21)17(22)20(4)11-14-6-8-15(9-7-14)18(23)24/h6-9H,5,10-11H2,1-4H3,(H,23,24). The molecule has 0 fully saturated rings. The molecule has 2 rings (SSSR count). The van der Waals surface area contributed by atoms with E-state index in [-0.39, 0.29) is 11.5 Å². The molecule has 1 N–H and O–H groups in total. The van der Waals surface area contributed by atoms with Gasteiger partial charge in [-0.25, -0.2) is 4.79 Å². The van der Waals surface area contributed by atoms with Crippen molar-refractivity contribution in [2.24, 2.45) is 0 Å². The predicted molar refractivity (Wildman–Crippen MR) is 91.2 cm³/mol. The van der Waals surface area contributed by atoms with Crippen LogP contribution in [-0.2, 0) is 13.1 Å². The van der Waals surface area contributed by atoms with Gasteiger partial charge < -0.3 is 10.0 Å². The van der Waals surface area contributed by atoms with Crippen LogP contribution in [0.3, 0.4) is 0 Å². The van der Waals surface area contributed by atoms with Crippen molar-refractivity contribution in [2.75, 3.05) is 7.05 Å². The van der Waals surface area contributed by atoms with E-state index in [2.05, 4.69) is 12.0 Å². The van der Waals surface area contributed by atoms with Crippen LogP contribution in [0.1, 0.15) is 51.0 Å². The Bertz CT molecular complexity index is 748. The second-order valence-corrected chi connectivity index (χ2v) is 5.93. The number of carboxylic acids is 1. The summed E-state index contributed by atoms with van der Waals surface area (Å²) in [6.07, 6.45) is 0.960. The maximum atomic E-state index is 12.8. The molecule has 1 heterocycles. The van der Waals surface area contributed by atoms with Crippen LogP contribution >= 0.6 is 0 Å². The molecule has 0 aliphatic carbocycles. The van der Waals surface area contributed by atoms with Gasteiger partial charge in [0.15, 0.2) is 0 Å². The Morgan fingerprint density at radius 1 is 1.21 bits per heavy atom. The summed E-state index contributed by atoms with van der Waals surface area (Å²) >= 11 is 0. The maximum absolute atomic E-state index is 12.8. The minimum Gasteiger partial charge on any atom is -0.478 e. The molecule has 0 saturated heterocycles. The molecule has 1 aromatic heterocycles. The lowest BCUT2D eigenvalue weighted by Crippen LogP contribution is -2.27. The molecule has 0 unspecified atom stereocenters. The Morgan fingerprint density at radius 3 is 2.38 bits per heavy atom. The first-order valence-corrected chi connectivity index (χ1v) is 7.96. The minimum atomic E-state index is -0.958. The van der Waals surface area contributed by atoms with E-state index in [1.807, 2.05) is 18.5 Å². The number of amides is 1. The van der Waals surface area contributed by atoms with Gasteiger partial charge >= 0.3 is 5.97 Å². The van der Waals surface area contributed by atoms with Crippen molar-refractivity contribution in [3.8, 4) is 0 Å². The topological polar surface area (TPSA) is 75.4 Å². The molecule has 128 valence electrons. The van der Waals surface area contributed by atoms with E-state index in [1.54, 1.807) is 36.2 Å². The summed E-state index contributed by atoms with van der Waals surface area (Å²) in [5.41, 5.74) is 3.38. The summed E-state index contributed by atoms with van der Waals surface area (Å²) in [7, 11) is 1.74. The largest absolute Gasteiger partial charge is 0.478 e. The molecule has 0 saturated carbocycles. The fraction of sp³-hybridized carbons (Fsp3) is 0.389. The molecule has 0 spiro atoms. The maximum Gasteiger partial charge on any atom is 0.335 e. The summed E-state index contributed by atoms with van der Waals surface area (Å²) in [4.78, 5) is 25.3. The number of aryl methyl sites for hydroxylation is 2. The number of hydrogen-bond donors (Lipinski definition) is 1. The first kappa shape index (κ1) is 17.7. The van der Waals surface area contributed by atoms with Gasteiger partial charge in [0, 0.05) is 25.8 Å². The third kappa shape index (κ3) is 3.64. The number of benzene rings is 1. The van der Waals surface area contributed by atoms with Gasteiger partial charge in [0.1, 0.15) is 0 Å². The van der Waals surface area contributed by atoms with Crippen molar-refractivity contribution in [1.82, 2.24) is 14.7 Å². The molecule has 6 nitrogen and oxygen atoms in total. The molecule has 1 amide bonds. The van der Waals surface area contributed by atoms with E-state index >= 15 is 0 Å². The Hall–Kier alpha value is -2.63. The molecular formula is C18H23N3O3. The normalized spacial score (nSPS) is 10.7. The van der Waals surface area contributed by atoms with E-state index in [9.17, 15) is 9.59 Å². The predicted octanol–water partition coefficient (Wildman–Crippen LogP) is 2.88. The molecule has 0 radical (unpaired) electrons. The minimum absolute atomic E-state index is 0.0744. The van der Waals surface area contributed by atoms with Gasteiger partial charge in [0.2, 0.25) is 0 Å². The molecule has 0 aliphatic heterocycles. The van der Waals surface area contributed by atoms with Crippen LogP contribution in [0.4, 0.5) is 0 Å². The summed E-state index contributed by atoms with van der Waals surface area (Å²) in [5.74, 6) is -1.03. The van der Waals surface area contributed by atoms with E-state index < -0.39 is 5.97 Å². The zero-order valence-corrected chi connectivity index (χ0v) is 14.5. The molecule has 1 aromatic carbocycles. The molecular weight excluding hydrogens is 306 g/mol. The Morgan fingerprint density at radius 2 is 1.83 bits per heavy atom. The second-order valence-electron chi connectivity index (χ2n) is 5.93. The molecule has 0 aliphatic rings. The highest BCUT2D eigenvalue weighted by atomic mass is 16.4. The number of aromatic nitrogens is 2. The number of aromatic carboxylic acids is 1. The van der Waals surface area contributed by atoms with Crippen LogP contribution < -0.4 is 0 Å². The third-order valence-electron chi connectivity index (χ3n) is 4.00. The number of carbonyl (C=O) groups is 2. The summed E-state index contributed by atoms with van der Waals surface area (Å²) in [6, 6.07) is 6.55. The lowest BCUT2D eigenvalue weighted by molar-refractivity contribution is 0.0695. The van der Waals surface area contributed by atoms with Crippen molar-refractivity contribution >= 4 is 11.9 Å². The quantitative estimate of drug-likeness (QED) is 0.884. The zero-order valence-electron chi connectivity index (χ0n) is 14.5. The van der Waals surface area contributed by atoms with Crippen LogP contribution in [0.15, 0.2) is 24.3 Å². The van der Waals surface area contributed by atoms with E-state index in [1.165, 1.54) is 0 Å². The van der Waals surface area contributed by atoms with Crippen LogP contribution in [0, 0.1) is 13.8 Å². The molecule has 0 bridgehead atoms. The number of rotatable bonds is 6. The van der Waals surface area contributed by atoms with Crippen molar-refractivity contribution in [3.63, 3.8) is 0 Å². The number of carboxylic acid groups (broad SMARTS) is 1. The van der Waals surface area contributed by atoms with Crippen LogP contribution in [0.25, 0.3) is 0 Å². The lowest BCUT2D eigenvalue weighted by Gasteiger charge is -2.18. The Labute approximate surface area is 141 Å². The van der Waals surface area contributed by atoms with Crippen molar-refractivity contribution in [2.45, 2.75) is 40.3 Å². The van der Waals surface area contributed by atoms with Crippen LogP contribution in [0.2, 0.25) is 0 Å². The van der Waals surface area contributed by atoms with Gasteiger partial charge in [0.25, 0.3) is 5.91 Å². The third-order valence-corrected chi connectivity index (χ3v) is 4.00. The number of carbonyl (C=O) groups excluding carboxylic acids is 1. The monoisotopic (exact) mass is 329 g/mol. The smallest absolute Gasteiger partial charge is 0.335 e. The van der Waals surface area contributed by atoms with Gasteiger partial charge in [-0.3, -0.25) is 9.48 Å². The number of nitrogens with zero attached hydrogens (tertiary/aromatic N) is 3. The van der Waals surface area contributed by atoms with Crippen LogP contribution in [-0.4, -0.2) is 38.7 Å². The molecule has 24 heavy (non-hydrogen) atoms. The number of hydrogen-bond acceptors (Lipinski definition) is 3. The molecule has 2 aromatic rings. The van der Waals surface area contributed by atoms with Gasteiger partial charge in [0.05, 0.1) is 16.8 Å². The Balaban J connectivity index is 2.16. The first-order chi connectivity index (χ1) is 11.3. The van der Waals surface area contributed by atoms with Crippen molar-refractivity contribution in [1.29, 1.82) is 0 Å². The van der Waals surface area contributed by atoms with E-state index in [0.29, 0.717) is 12.1 Å². The lowest BCUT2D eigenvalue weighted by atomic mass is 10.1. The highest BCUT2D eigenvalue weighted by Gasteiger charge is 2.21. The summed E-state index contributed by atoms with van der Waals surface area (Å²) < 4.78 is 1.87. The van der Waals surface area contributed by atoms with E-state index in [4.69, 9.17) is 5.11 Å². The van der Waals surface area contributed by atoms with Gasteiger partial charge in [-0.15, -0.1) is 0 Å². The summed E-state index contributed by atoms with van der Waals surface area (Å²) in [6.45, 7) is 7.04. The van der Waals surface area contributed by atoms with Gasteiger partial charge in [-0.2, -0.15) is 5.10 Å². The molecule has 0 atom stereocenters. The Kier molecular flexibility index (Phi) is 5.39. The summed E-state index contributed by atoms with van der Waals surface area (Å²) in [5, 5.41) is 13.4.